The van der Waals surface area contributed by atoms with Crippen molar-refractivity contribution in [3.05, 3.63) is 23.4 Å². The summed E-state index contributed by atoms with van der Waals surface area (Å²) in [7, 11) is 5.59. The second-order valence-electron chi connectivity index (χ2n) is 7.46. The van der Waals surface area contributed by atoms with Crippen LogP contribution in [0.25, 0.3) is 10.9 Å². The minimum absolute atomic E-state index is 0.391. The summed E-state index contributed by atoms with van der Waals surface area (Å²) in [6.07, 6.45) is 2.19. The Kier molecular flexibility index (Phi) is 5.07. The summed E-state index contributed by atoms with van der Waals surface area (Å²) >= 11 is 0. The zero-order chi connectivity index (χ0) is 18.1. The summed E-state index contributed by atoms with van der Waals surface area (Å²) in [5, 5.41) is 4.98. The molecule has 2 aromatic rings. The quantitative estimate of drug-likeness (QED) is 0.856. The van der Waals surface area contributed by atoms with Crippen LogP contribution in [0.1, 0.15) is 23.7 Å². The van der Waals surface area contributed by atoms with Crippen molar-refractivity contribution in [1.29, 1.82) is 0 Å². The zero-order valence-corrected chi connectivity index (χ0v) is 16.1. The first-order chi connectivity index (χ1) is 12.7. The Morgan fingerprint density at radius 1 is 1.08 bits per heavy atom. The van der Waals surface area contributed by atoms with Crippen molar-refractivity contribution in [2.24, 2.45) is 0 Å². The van der Waals surface area contributed by atoms with Crippen molar-refractivity contribution in [1.82, 2.24) is 20.1 Å². The van der Waals surface area contributed by atoms with Crippen molar-refractivity contribution in [3.8, 4) is 11.5 Å². The lowest BCUT2D eigenvalue weighted by molar-refractivity contribution is 0.148. The molecule has 1 fully saturated rings. The minimum atomic E-state index is 0.391. The van der Waals surface area contributed by atoms with Crippen LogP contribution in [-0.4, -0.2) is 75.3 Å². The molecule has 0 aliphatic carbocycles. The molecule has 2 aliphatic heterocycles. The molecule has 6 heteroatoms. The van der Waals surface area contributed by atoms with Crippen LogP contribution in [0.4, 0.5) is 0 Å². The van der Waals surface area contributed by atoms with E-state index in [1.807, 2.05) is 0 Å². The van der Waals surface area contributed by atoms with Crippen molar-refractivity contribution >= 4 is 10.9 Å². The van der Waals surface area contributed by atoms with Gasteiger partial charge < -0.3 is 29.6 Å². The number of nitrogens with zero attached hydrogens (tertiary/aromatic N) is 2. The second-order valence-corrected chi connectivity index (χ2v) is 7.46. The lowest BCUT2D eigenvalue weighted by atomic mass is 9.97. The highest BCUT2D eigenvalue weighted by Gasteiger charge is 2.25. The van der Waals surface area contributed by atoms with E-state index in [-0.39, 0.29) is 0 Å². The number of piperazine rings is 1. The maximum absolute atomic E-state index is 5.50. The van der Waals surface area contributed by atoms with Gasteiger partial charge in [0.25, 0.3) is 0 Å². The number of rotatable bonds is 5. The molecule has 26 heavy (non-hydrogen) atoms. The number of nitrogens with one attached hydrogen (secondary N) is 2. The van der Waals surface area contributed by atoms with E-state index < -0.39 is 0 Å². The Hall–Kier alpha value is -1.76. The van der Waals surface area contributed by atoms with E-state index >= 15 is 0 Å². The zero-order valence-electron chi connectivity index (χ0n) is 16.1. The maximum atomic E-state index is 5.50. The number of H-pyrrole nitrogens is 1. The van der Waals surface area contributed by atoms with Gasteiger partial charge in [-0.1, -0.05) is 0 Å². The van der Waals surface area contributed by atoms with E-state index in [2.05, 4.69) is 39.3 Å². The Morgan fingerprint density at radius 2 is 1.81 bits per heavy atom. The Morgan fingerprint density at radius 3 is 2.54 bits per heavy atom. The fourth-order valence-corrected chi connectivity index (χ4v) is 4.27. The van der Waals surface area contributed by atoms with Crippen molar-refractivity contribution in [2.45, 2.75) is 18.9 Å². The van der Waals surface area contributed by atoms with Gasteiger partial charge in [-0.2, -0.15) is 0 Å². The molecule has 6 nitrogen and oxygen atoms in total. The Bertz CT molecular complexity index is 765. The summed E-state index contributed by atoms with van der Waals surface area (Å²) in [5.74, 6) is 1.58. The number of benzene rings is 1. The molecule has 1 saturated heterocycles. The Labute approximate surface area is 155 Å². The SMILES string of the molecule is COc1cc2[nH]c3c(c2cc1OC)CCN[C@@H]3CCN1CCN(C)CC1. The summed E-state index contributed by atoms with van der Waals surface area (Å²) in [4.78, 5) is 8.66. The predicted octanol–water partition coefficient (Wildman–Crippen LogP) is 2.01. The van der Waals surface area contributed by atoms with E-state index in [1.54, 1.807) is 14.2 Å². The molecule has 0 unspecified atom stereocenters. The molecule has 3 heterocycles. The van der Waals surface area contributed by atoms with Gasteiger partial charge in [0, 0.05) is 61.4 Å². The molecule has 2 aliphatic rings. The van der Waals surface area contributed by atoms with Crippen LogP contribution in [0.3, 0.4) is 0 Å². The van der Waals surface area contributed by atoms with Crippen LogP contribution in [-0.2, 0) is 6.42 Å². The van der Waals surface area contributed by atoms with Gasteiger partial charge in [0.2, 0.25) is 0 Å². The van der Waals surface area contributed by atoms with Gasteiger partial charge in [-0.3, -0.25) is 0 Å². The summed E-state index contributed by atoms with van der Waals surface area (Å²) in [6, 6.07) is 4.57. The van der Waals surface area contributed by atoms with Gasteiger partial charge in [0.05, 0.1) is 14.2 Å². The van der Waals surface area contributed by atoms with E-state index in [0.717, 1.165) is 42.9 Å². The van der Waals surface area contributed by atoms with Crippen LogP contribution in [0.5, 0.6) is 11.5 Å². The van der Waals surface area contributed by atoms with Crippen molar-refractivity contribution < 1.29 is 9.47 Å². The molecular weight excluding hydrogens is 328 g/mol. The molecule has 1 aromatic heterocycles. The van der Waals surface area contributed by atoms with Gasteiger partial charge in [0.15, 0.2) is 11.5 Å². The highest BCUT2D eigenvalue weighted by Crippen LogP contribution is 2.38. The van der Waals surface area contributed by atoms with Gasteiger partial charge in [-0.15, -0.1) is 0 Å². The third-order valence-electron chi connectivity index (χ3n) is 5.89. The normalized spacial score (nSPS) is 21.7. The van der Waals surface area contributed by atoms with Gasteiger partial charge in [-0.05, 0) is 38.1 Å². The maximum Gasteiger partial charge on any atom is 0.162 e. The minimum Gasteiger partial charge on any atom is -0.493 e. The number of aromatic nitrogens is 1. The molecular formula is C20H30N4O2. The summed E-state index contributed by atoms with van der Waals surface area (Å²) < 4.78 is 11.0. The molecule has 0 bridgehead atoms. The molecule has 142 valence electrons. The smallest absolute Gasteiger partial charge is 0.162 e. The van der Waals surface area contributed by atoms with Gasteiger partial charge in [0.1, 0.15) is 0 Å². The molecule has 0 radical (unpaired) electrons. The number of hydrogen-bond acceptors (Lipinski definition) is 5. The number of likely N-dealkylation sites (N-methyl/N-ethyl adjacent to an activating group) is 1. The molecule has 2 N–H and O–H groups in total. The lowest BCUT2D eigenvalue weighted by Crippen LogP contribution is -2.45. The van der Waals surface area contributed by atoms with Crippen LogP contribution in [0.15, 0.2) is 12.1 Å². The van der Waals surface area contributed by atoms with Crippen molar-refractivity contribution in [3.63, 3.8) is 0 Å². The topological polar surface area (TPSA) is 52.8 Å². The Balaban J connectivity index is 1.55. The predicted molar refractivity (Wildman–Crippen MR) is 104 cm³/mol. The molecule has 1 atom stereocenters. The number of aromatic amines is 1. The first-order valence-electron chi connectivity index (χ1n) is 9.60. The first-order valence-corrected chi connectivity index (χ1v) is 9.60. The lowest BCUT2D eigenvalue weighted by Gasteiger charge is -2.34. The monoisotopic (exact) mass is 358 g/mol. The van der Waals surface area contributed by atoms with Crippen LogP contribution in [0, 0.1) is 0 Å². The molecule has 0 amide bonds. The van der Waals surface area contributed by atoms with Crippen LogP contribution in [0.2, 0.25) is 0 Å². The summed E-state index contributed by atoms with van der Waals surface area (Å²) in [5.41, 5.74) is 3.92. The van der Waals surface area contributed by atoms with Gasteiger partial charge >= 0.3 is 0 Å². The molecule has 0 spiro atoms. The third kappa shape index (κ3) is 3.29. The van der Waals surface area contributed by atoms with E-state index in [4.69, 9.17) is 9.47 Å². The molecule has 4 rings (SSSR count). The fourth-order valence-electron chi connectivity index (χ4n) is 4.27. The first kappa shape index (κ1) is 17.6. The average molecular weight is 358 g/mol. The number of methoxy groups -OCH3 is 2. The summed E-state index contributed by atoms with van der Waals surface area (Å²) in [6.45, 7) is 6.88. The molecule has 0 saturated carbocycles. The number of hydrogen-bond donors (Lipinski definition) is 2. The average Bonchev–Trinajstić information content (AvgIpc) is 3.04. The van der Waals surface area contributed by atoms with Crippen molar-refractivity contribution in [2.75, 3.05) is 60.5 Å². The van der Waals surface area contributed by atoms with Gasteiger partial charge in [-0.25, -0.2) is 0 Å². The highest BCUT2D eigenvalue weighted by molar-refractivity contribution is 5.88. The number of ether oxygens (including phenoxy) is 2. The van der Waals surface area contributed by atoms with E-state index in [1.165, 1.54) is 42.8 Å². The van der Waals surface area contributed by atoms with Crippen LogP contribution < -0.4 is 14.8 Å². The largest absolute Gasteiger partial charge is 0.493 e. The standard InChI is InChI=1S/C20H30N4O2/c1-23-8-10-24(11-9-23)7-5-16-20-14(4-6-21-16)15-12-18(25-2)19(26-3)13-17(15)22-20/h12-13,16,21-22H,4-11H2,1-3H3/t16-/m1/s1. The van der Waals surface area contributed by atoms with Crippen LogP contribution >= 0.6 is 0 Å². The molecule has 1 aromatic carbocycles. The third-order valence-corrected chi connectivity index (χ3v) is 5.89. The fraction of sp³-hybridized carbons (Fsp3) is 0.600. The van der Waals surface area contributed by atoms with E-state index in [0.29, 0.717) is 6.04 Å². The van der Waals surface area contributed by atoms with E-state index in [9.17, 15) is 0 Å². The highest BCUT2D eigenvalue weighted by atomic mass is 16.5. The number of fused-ring (bicyclic) bond motifs is 3. The second kappa shape index (κ2) is 7.47.